The van der Waals surface area contributed by atoms with Crippen LogP contribution in [0.4, 0.5) is 5.69 Å². The van der Waals surface area contributed by atoms with Crippen LogP contribution in [-0.4, -0.2) is 31.1 Å². The summed E-state index contributed by atoms with van der Waals surface area (Å²) in [6.45, 7) is 1.89. The van der Waals surface area contributed by atoms with Gasteiger partial charge in [0.2, 0.25) is 0 Å². The Morgan fingerprint density at radius 1 is 1.17 bits per heavy atom. The van der Waals surface area contributed by atoms with Crippen molar-refractivity contribution >= 4 is 22.7 Å². The Balaban J connectivity index is 1.54. The van der Waals surface area contributed by atoms with Crippen molar-refractivity contribution in [2.45, 2.75) is 6.92 Å². The molecule has 8 heteroatoms. The first-order valence-electron chi connectivity index (χ1n) is 7.21. The maximum Gasteiger partial charge on any atom is 0.291 e. The lowest BCUT2D eigenvalue weighted by atomic mass is 10.2. The molecule has 0 spiro atoms. The van der Waals surface area contributed by atoms with Crippen LogP contribution in [0.3, 0.4) is 0 Å². The lowest BCUT2D eigenvalue weighted by molar-refractivity contribution is 0.0998. The zero-order chi connectivity index (χ0) is 16.5. The molecule has 8 nitrogen and oxygen atoms in total. The number of carbonyl (C=O) groups is 1. The number of hydrogen-bond donors (Lipinski definition) is 1. The van der Waals surface area contributed by atoms with Crippen LogP contribution in [0, 0.1) is 6.92 Å². The molecule has 1 amide bonds. The normalized spacial score (nSPS) is 10.9. The minimum Gasteiger partial charge on any atom is -0.449 e. The number of rotatable bonds is 3. The van der Waals surface area contributed by atoms with E-state index in [0.717, 1.165) is 11.4 Å². The monoisotopic (exact) mass is 320 g/mol. The Bertz CT molecular complexity index is 1000. The van der Waals surface area contributed by atoms with Gasteiger partial charge in [-0.25, -0.2) is 9.67 Å². The summed E-state index contributed by atoms with van der Waals surface area (Å²) in [5.41, 5.74) is 3.55. The van der Waals surface area contributed by atoms with Crippen LogP contribution in [0.25, 0.3) is 16.8 Å². The number of aryl methyl sites for hydroxylation is 1. The molecule has 3 aromatic heterocycles. The van der Waals surface area contributed by atoms with E-state index in [9.17, 15) is 4.79 Å². The van der Waals surface area contributed by atoms with Crippen LogP contribution >= 0.6 is 0 Å². The highest BCUT2D eigenvalue weighted by Crippen LogP contribution is 2.19. The summed E-state index contributed by atoms with van der Waals surface area (Å²) >= 11 is 0. The van der Waals surface area contributed by atoms with Crippen LogP contribution in [0.15, 0.2) is 53.2 Å². The van der Waals surface area contributed by atoms with E-state index in [0.29, 0.717) is 16.8 Å². The maximum atomic E-state index is 12.3. The second kappa shape index (κ2) is 5.58. The van der Waals surface area contributed by atoms with Gasteiger partial charge in [0.1, 0.15) is 11.8 Å². The summed E-state index contributed by atoms with van der Waals surface area (Å²) in [5.74, 6) is -0.117. The van der Waals surface area contributed by atoms with Gasteiger partial charge in [-0.05, 0) is 53.7 Å². The molecule has 0 aliphatic carbocycles. The molecule has 3 heterocycles. The van der Waals surface area contributed by atoms with Crippen molar-refractivity contribution < 1.29 is 9.21 Å². The van der Waals surface area contributed by atoms with E-state index in [1.165, 1.54) is 11.0 Å². The largest absolute Gasteiger partial charge is 0.449 e. The molecule has 1 N–H and O–H groups in total. The Morgan fingerprint density at radius 3 is 2.75 bits per heavy atom. The number of anilines is 1. The molecule has 0 aliphatic heterocycles. The maximum absolute atomic E-state index is 12.3. The third-order valence-corrected chi connectivity index (χ3v) is 3.48. The molecule has 118 valence electrons. The number of furan rings is 1. The number of carbonyl (C=O) groups excluding carboxylic acids is 1. The number of aromatic nitrogens is 5. The van der Waals surface area contributed by atoms with E-state index in [-0.39, 0.29) is 11.7 Å². The Morgan fingerprint density at radius 2 is 2.00 bits per heavy atom. The van der Waals surface area contributed by atoms with Crippen molar-refractivity contribution in [3.63, 3.8) is 0 Å². The molecule has 4 aromatic rings. The molecule has 24 heavy (non-hydrogen) atoms. The van der Waals surface area contributed by atoms with E-state index in [1.807, 2.05) is 13.0 Å². The van der Waals surface area contributed by atoms with E-state index < -0.39 is 0 Å². The predicted octanol–water partition coefficient (Wildman–Crippen LogP) is 2.36. The summed E-state index contributed by atoms with van der Waals surface area (Å²) in [4.78, 5) is 16.6. The van der Waals surface area contributed by atoms with Gasteiger partial charge in [-0.15, -0.1) is 5.10 Å². The highest BCUT2D eigenvalue weighted by molar-refractivity contribution is 6.04. The Kier molecular flexibility index (Phi) is 3.27. The minimum absolute atomic E-state index is 0.215. The smallest absolute Gasteiger partial charge is 0.291 e. The van der Waals surface area contributed by atoms with E-state index in [4.69, 9.17) is 4.42 Å². The Hall–Kier alpha value is -3.55. The van der Waals surface area contributed by atoms with Crippen molar-refractivity contribution in [3.8, 4) is 5.69 Å². The summed E-state index contributed by atoms with van der Waals surface area (Å²) in [5, 5.41) is 13.7. The second-order valence-electron chi connectivity index (χ2n) is 5.20. The van der Waals surface area contributed by atoms with Crippen LogP contribution < -0.4 is 5.32 Å². The van der Waals surface area contributed by atoms with E-state index >= 15 is 0 Å². The quantitative estimate of drug-likeness (QED) is 0.622. The first-order valence-corrected chi connectivity index (χ1v) is 7.21. The highest BCUT2D eigenvalue weighted by atomic mass is 16.3. The molecule has 0 radical (unpaired) electrons. The van der Waals surface area contributed by atoms with Gasteiger partial charge < -0.3 is 9.73 Å². The van der Waals surface area contributed by atoms with Gasteiger partial charge in [0.05, 0.1) is 5.69 Å². The van der Waals surface area contributed by atoms with Gasteiger partial charge in [0.25, 0.3) is 5.91 Å². The van der Waals surface area contributed by atoms with Crippen molar-refractivity contribution in [1.29, 1.82) is 0 Å². The highest BCUT2D eigenvalue weighted by Gasteiger charge is 2.13. The fourth-order valence-electron chi connectivity index (χ4n) is 2.31. The van der Waals surface area contributed by atoms with Crippen LogP contribution in [-0.2, 0) is 0 Å². The fourth-order valence-corrected chi connectivity index (χ4v) is 2.31. The molecule has 0 aliphatic rings. The topological polar surface area (TPSA) is 98.7 Å². The summed E-state index contributed by atoms with van der Waals surface area (Å²) in [6, 6.07) is 12.4. The molecule has 0 unspecified atom stereocenters. The van der Waals surface area contributed by atoms with Crippen molar-refractivity contribution in [2.75, 3.05) is 5.32 Å². The molecular formula is C16H12N6O2. The van der Waals surface area contributed by atoms with Crippen LogP contribution in [0.2, 0.25) is 0 Å². The van der Waals surface area contributed by atoms with Crippen LogP contribution in [0.5, 0.6) is 0 Å². The number of tetrazole rings is 1. The average Bonchev–Trinajstić information content (AvgIpc) is 3.24. The van der Waals surface area contributed by atoms with Crippen molar-refractivity contribution in [2.24, 2.45) is 0 Å². The van der Waals surface area contributed by atoms with Gasteiger partial charge in [-0.1, -0.05) is 0 Å². The van der Waals surface area contributed by atoms with Crippen LogP contribution in [0.1, 0.15) is 16.2 Å². The molecule has 0 fully saturated rings. The molecule has 1 aromatic carbocycles. The van der Waals surface area contributed by atoms with Crippen molar-refractivity contribution in [3.05, 3.63) is 60.2 Å². The first-order chi connectivity index (χ1) is 11.7. The average molecular weight is 320 g/mol. The molecule has 0 atom stereocenters. The lowest BCUT2D eigenvalue weighted by Crippen LogP contribution is -2.10. The fraction of sp³-hybridized carbons (Fsp3) is 0.0625. The van der Waals surface area contributed by atoms with Gasteiger partial charge in [-0.3, -0.25) is 4.79 Å². The molecule has 4 rings (SSSR count). The SMILES string of the molecule is Cc1ccc2oc(C(=O)Nc3ccc(-n4cnnn4)cc3)cc2n1. The second-order valence-corrected chi connectivity index (χ2v) is 5.20. The van der Waals surface area contributed by atoms with Gasteiger partial charge >= 0.3 is 0 Å². The minimum atomic E-state index is -0.333. The zero-order valence-corrected chi connectivity index (χ0v) is 12.7. The third kappa shape index (κ3) is 2.60. The molecule has 0 saturated heterocycles. The number of nitrogens with zero attached hydrogens (tertiary/aromatic N) is 5. The van der Waals surface area contributed by atoms with E-state index in [2.05, 4.69) is 25.8 Å². The first kappa shape index (κ1) is 14.1. The van der Waals surface area contributed by atoms with E-state index in [1.54, 1.807) is 36.4 Å². The van der Waals surface area contributed by atoms with Gasteiger partial charge in [0.15, 0.2) is 11.3 Å². The predicted molar refractivity (Wildman–Crippen MR) is 85.9 cm³/mol. The van der Waals surface area contributed by atoms with Crippen molar-refractivity contribution in [1.82, 2.24) is 25.2 Å². The number of amides is 1. The lowest BCUT2D eigenvalue weighted by Gasteiger charge is -2.04. The third-order valence-electron chi connectivity index (χ3n) is 3.48. The number of hydrogen-bond acceptors (Lipinski definition) is 6. The van der Waals surface area contributed by atoms with Gasteiger partial charge in [0, 0.05) is 17.4 Å². The molecule has 0 bridgehead atoms. The molecule has 0 saturated carbocycles. The van der Waals surface area contributed by atoms with Gasteiger partial charge in [-0.2, -0.15) is 0 Å². The molecular weight excluding hydrogens is 308 g/mol. The number of fused-ring (bicyclic) bond motifs is 1. The summed E-state index contributed by atoms with van der Waals surface area (Å²) in [7, 11) is 0. The number of nitrogens with one attached hydrogen (secondary N) is 1. The number of benzene rings is 1. The zero-order valence-electron chi connectivity index (χ0n) is 12.7. The Labute approximate surface area is 136 Å². The summed E-state index contributed by atoms with van der Waals surface area (Å²) in [6.07, 6.45) is 1.50. The summed E-state index contributed by atoms with van der Waals surface area (Å²) < 4.78 is 7.06. The standard InChI is InChI=1S/C16H12N6O2/c1-10-2-7-14-13(18-10)8-15(24-14)16(23)19-11-3-5-12(6-4-11)22-9-17-20-21-22/h2-9H,1H3,(H,19,23). The number of pyridine rings is 1.